The van der Waals surface area contributed by atoms with Gasteiger partial charge in [0.25, 0.3) is 5.56 Å². The molecule has 6 nitrogen and oxygen atoms in total. The van der Waals surface area contributed by atoms with Crippen molar-refractivity contribution in [3.8, 4) is 11.5 Å². The van der Waals surface area contributed by atoms with E-state index < -0.39 is 0 Å². The minimum absolute atomic E-state index is 0.124. The van der Waals surface area contributed by atoms with E-state index in [0.29, 0.717) is 29.4 Å². The molecule has 0 fully saturated rings. The molecule has 0 atom stereocenters. The quantitative estimate of drug-likeness (QED) is 0.666. The molecule has 0 spiro atoms. The van der Waals surface area contributed by atoms with Crippen LogP contribution in [0.5, 0.6) is 11.5 Å². The summed E-state index contributed by atoms with van der Waals surface area (Å²) in [5.41, 5.74) is 2.16. The average molecular weight is 348 g/mol. The summed E-state index contributed by atoms with van der Waals surface area (Å²) in [7, 11) is 3.18. The molecule has 126 valence electrons. The molecule has 1 aromatic carbocycles. The second-order valence-electron chi connectivity index (χ2n) is 5.41. The molecule has 2 aromatic heterocycles. The summed E-state index contributed by atoms with van der Waals surface area (Å²) >= 11 is 6.01. The molecule has 0 unspecified atom stereocenters. The van der Waals surface area contributed by atoms with Crippen LogP contribution in [0.1, 0.15) is 17.0 Å². The van der Waals surface area contributed by atoms with E-state index in [1.54, 1.807) is 35.6 Å². The summed E-state index contributed by atoms with van der Waals surface area (Å²) in [4.78, 5) is 12.9. The summed E-state index contributed by atoms with van der Waals surface area (Å²) in [5, 5.41) is 4.44. The Balaban J connectivity index is 2.15. The fourth-order valence-corrected chi connectivity index (χ4v) is 2.90. The van der Waals surface area contributed by atoms with Gasteiger partial charge in [-0.15, -0.1) is 11.6 Å². The lowest BCUT2D eigenvalue weighted by Gasteiger charge is -2.14. The van der Waals surface area contributed by atoms with Crippen molar-refractivity contribution in [3.05, 3.63) is 57.8 Å². The molecule has 24 heavy (non-hydrogen) atoms. The molecule has 7 heteroatoms. The van der Waals surface area contributed by atoms with Gasteiger partial charge in [0, 0.05) is 17.8 Å². The number of hydrogen-bond donors (Lipinski definition) is 0. The standard InChI is InChI=1S/C17H18ClN3O3/c1-11-6-7-21-16(11)17(22)20(15(9-18)19-21)10-12-4-5-13(23-2)8-14(12)24-3/h4-8H,9-10H2,1-3H3. The predicted octanol–water partition coefficient (Wildman–Crippen LogP) is 2.61. The predicted molar refractivity (Wildman–Crippen MR) is 92.4 cm³/mol. The monoisotopic (exact) mass is 347 g/mol. The van der Waals surface area contributed by atoms with E-state index >= 15 is 0 Å². The van der Waals surface area contributed by atoms with Crippen LogP contribution in [0.15, 0.2) is 35.3 Å². The zero-order valence-electron chi connectivity index (χ0n) is 13.7. The second-order valence-corrected chi connectivity index (χ2v) is 5.68. The smallest absolute Gasteiger partial charge is 0.278 e. The molecule has 0 radical (unpaired) electrons. The SMILES string of the molecule is COc1ccc(Cn2c(CCl)nn3ccc(C)c3c2=O)c(OC)c1. The summed E-state index contributed by atoms with van der Waals surface area (Å²) < 4.78 is 13.8. The van der Waals surface area contributed by atoms with E-state index in [0.717, 1.165) is 11.1 Å². The zero-order chi connectivity index (χ0) is 17.3. The van der Waals surface area contributed by atoms with Crippen molar-refractivity contribution in [1.29, 1.82) is 0 Å². The highest BCUT2D eigenvalue weighted by atomic mass is 35.5. The number of ether oxygens (including phenoxy) is 2. The fourth-order valence-electron chi connectivity index (χ4n) is 2.70. The largest absolute Gasteiger partial charge is 0.497 e. The van der Waals surface area contributed by atoms with Gasteiger partial charge in [-0.2, -0.15) is 5.10 Å². The van der Waals surface area contributed by atoms with Gasteiger partial charge in [-0.05, 0) is 30.7 Å². The van der Waals surface area contributed by atoms with Gasteiger partial charge < -0.3 is 9.47 Å². The van der Waals surface area contributed by atoms with E-state index in [9.17, 15) is 4.79 Å². The number of fused-ring (bicyclic) bond motifs is 1. The third-order valence-electron chi connectivity index (χ3n) is 3.99. The Morgan fingerprint density at radius 3 is 2.67 bits per heavy atom. The number of benzene rings is 1. The first-order chi connectivity index (χ1) is 11.6. The Kier molecular flexibility index (Phi) is 4.49. The second kappa shape index (κ2) is 6.57. The normalized spacial score (nSPS) is 11.0. The number of rotatable bonds is 5. The summed E-state index contributed by atoms with van der Waals surface area (Å²) in [5.74, 6) is 1.98. The van der Waals surface area contributed by atoms with Crippen molar-refractivity contribution < 1.29 is 9.47 Å². The highest BCUT2D eigenvalue weighted by Crippen LogP contribution is 2.25. The molecule has 0 saturated heterocycles. The van der Waals surface area contributed by atoms with E-state index in [2.05, 4.69) is 5.10 Å². The van der Waals surface area contributed by atoms with Crippen molar-refractivity contribution in [1.82, 2.24) is 14.2 Å². The van der Waals surface area contributed by atoms with E-state index in [1.807, 2.05) is 25.1 Å². The maximum Gasteiger partial charge on any atom is 0.278 e. The van der Waals surface area contributed by atoms with Crippen molar-refractivity contribution in [2.24, 2.45) is 0 Å². The van der Waals surface area contributed by atoms with Gasteiger partial charge in [0.15, 0.2) is 0 Å². The van der Waals surface area contributed by atoms with Crippen LogP contribution in [-0.2, 0) is 12.4 Å². The first kappa shape index (κ1) is 16.4. The van der Waals surface area contributed by atoms with E-state index in [-0.39, 0.29) is 11.4 Å². The molecular formula is C17H18ClN3O3. The summed E-state index contributed by atoms with van der Waals surface area (Å²) in [6.07, 6.45) is 1.76. The van der Waals surface area contributed by atoms with Crippen molar-refractivity contribution >= 4 is 17.1 Å². The first-order valence-corrected chi connectivity index (χ1v) is 7.97. The Morgan fingerprint density at radius 2 is 2.00 bits per heavy atom. The number of hydrogen-bond acceptors (Lipinski definition) is 4. The van der Waals surface area contributed by atoms with Crippen LogP contribution < -0.4 is 15.0 Å². The van der Waals surface area contributed by atoms with Crippen LogP contribution in [0.3, 0.4) is 0 Å². The number of nitrogens with zero attached hydrogens (tertiary/aromatic N) is 3. The topological polar surface area (TPSA) is 57.8 Å². The van der Waals surface area contributed by atoms with Gasteiger partial charge in [-0.1, -0.05) is 0 Å². The van der Waals surface area contributed by atoms with Crippen LogP contribution in [0.4, 0.5) is 0 Å². The maximum absolute atomic E-state index is 12.9. The molecule has 0 aliphatic carbocycles. The van der Waals surface area contributed by atoms with Crippen LogP contribution in [0, 0.1) is 6.92 Å². The Bertz CT molecular complexity index is 946. The van der Waals surface area contributed by atoms with Gasteiger partial charge in [0.1, 0.15) is 22.8 Å². The van der Waals surface area contributed by atoms with Gasteiger partial charge >= 0.3 is 0 Å². The molecular weight excluding hydrogens is 330 g/mol. The van der Waals surface area contributed by atoms with Crippen molar-refractivity contribution in [2.45, 2.75) is 19.3 Å². The highest BCUT2D eigenvalue weighted by Gasteiger charge is 2.15. The van der Waals surface area contributed by atoms with Crippen LogP contribution in [-0.4, -0.2) is 28.4 Å². The third kappa shape index (κ3) is 2.73. The minimum Gasteiger partial charge on any atom is -0.497 e. The average Bonchev–Trinajstić information content (AvgIpc) is 2.98. The van der Waals surface area contributed by atoms with Gasteiger partial charge in [0.05, 0.1) is 26.6 Å². The van der Waals surface area contributed by atoms with Gasteiger partial charge in [0.2, 0.25) is 0 Å². The van der Waals surface area contributed by atoms with Gasteiger partial charge in [-0.25, -0.2) is 4.52 Å². The van der Waals surface area contributed by atoms with Crippen molar-refractivity contribution in [2.75, 3.05) is 14.2 Å². The first-order valence-electron chi connectivity index (χ1n) is 7.43. The highest BCUT2D eigenvalue weighted by molar-refractivity contribution is 6.16. The van der Waals surface area contributed by atoms with E-state index in [4.69, 9.17) is 21.1 Å². The molecule has 3 rings (SSSR count). The van der Waals surface area contributed by atoms with Crippen LogP contribution >= 0.6 is 11.6 Å². The zero-order valence-corrected chi connectivity index (χ0v) is 14.5. The molecule has 0 bridgehead atoms. The molecule has 3 aromatic rings. The third-order valence-corrected chi connectivity index (χ3v) is 4.23. The van der Waals surface area contributed by atoms with Crippen molar-refractivity contribution in [3.63, 3.8) is 0 Å². The maximum atomic E-state index is 12.9. The molecule has 0 N–H and O–H groups in total. The fraction of sp³-hybridized carbons (Fsp3) is 0.294. The Labute approximate surface area is 144 Å². The molecule has 2 heterocycles. The number of methoxy groups -OCH3 is 2. The molecule has 0 aliphatic rings. The summed E-state index contributed by atoms with van der Waals surface area (Å²) in [6.45, 7) is 2.21. The number of alkyl halides is 1. The Hall–Kier alpha value is -2.47. The number of halogens is 1. The lowest BCUT2D eigenvalue weighted by Crippen LogP contribution is -2.28. The van der Waals surface area contributed by atoms with E-state index in [1.165, 1.54) is 0 Å². The number of aryl methyl sites for hydroxylation is 1. The molecule has 0 saturated carbocycles. The Morgan fingerprint density at radius 1 is 1.21 bits per heavy atom. The molecule has 0 amide bonds. The number of aromatic nitrogens is 3. The van der Waals surface area contributed by atoms with Crippen LogP contribution in [0.2, 0.25) is 0 Å². The lowest BCUT2D eigenvalue weighted by atomic mass is 10.2. The summed E-state index contributed by atoms with van der Waals surface area (Å²) in [6, 6.07) is 7.35. The minimum atomic E-state index is -0.124. The van der Waals surface area contributed by atoms with Crippen LogP contribution in [0.25, 0.3) is 5.52 Å². The molecule has 0 aliphatic heterocycles. The lowest BCUT2D eigenvalue weighted by molar-refractivity contribution is 0.390. The van der Waals surface area contributed by atoms with Gasteiger partial charge in [-0.3, -0.25) is 9.36 Å².